The van der Waals surface area contributed by atoms with Crippen molar-refractivity contribution in [1.29, 1.82) is 0 Å². The van der Waals surface area contributed by atoms with Crippen LogP contribution in [-0.2, 0) is 0 Å². The van der Waals surface area contributed by atoms with Crippen molar-refractivity contribution in [2.75, 3.05) is 6.61 Å². The summed E-state index contributed by atoms with van der Waals surface area (Å²) in [5.74, 6) is 4.00. The molecule has 0 atom stereocenters. The fourth-order valence-electron chi connectivity index (χ4n) is 1.68. The van der Waals surface area contributed by atoms with E-state index in [0.717, 1.165) is 5.75 Å². The highest BCUT2D eigenvalue weighted by Crippen LogP contribution is 2.20. The summed E-state index contributed by atoms with van der Waals surface area (Å²) < 4.78 is 5.66. The SMILES string of the molecule is C[Si](C)(C)C#CCOc1ccc2ccccc2c1. The summed E-state index contributed by atoms with van der Waals surface area (Å²) in [7, 11) is -1.28. The summed E-state index contributed by atoms with van der Waals surface area (Å²) in [6.07, 6.45) is 0. The Labute approximate surface area is 110 Å². The van der Waals surface area contributed by atoms with E-state index < -0.39 is 8.07 Å². The maximum atomic E-state index is 5.66. The number of fused-ring (bicyclic) bond motifs is 1. The van der Waals surface area contributed by atoms with Gasteiger partial charge in [-0.15, -0.1) is 5.54 Å². The van der Waals surface area contributed by atoms with Gasteiger partial charge in [-0.05, 0) is 22.9 Å². The molecule has 92 valence electrons. The highest BCUT2D eigenvalue weighted by Gasteiger charge is 2.07. The second-order valence-electron chi connectivity index (χ2n) is 5.35. The van der Waals surface area contributed by atoms with E-state index in [9.17, 15) is 0 Å². The van der Waals surface area contributed by atoms with Gasteiger partial charge in [0, 0.05) is 0 Å². The van der Waals surface area contributed by atoms with E-state index in [4.69, 9.17) is 4.74 Å². The second kappa shape index (κ2) is 5.28. The molecular weight excluding hydrogens is 236 g/mol. The molecule has 2 aromatic carbocycles. The lowest BCUT2D eigenvalue weighted by Crippen LogP contribution is -2.16. The molecule has 0 fully saturated rings. The van der Waals surface area contributed by atoms with Crippen molar-refractivity contribution in [2.45, 2.75) is 19.6 Å². The van der Waals surface area contributed by atoms with Gasteiger partial charge in [-0.2, -0.15) is 0 Å². The molecule has 2 rings (SSSR count). The third-order valence-corrected chi connectivity index (χ3v) is 3.42. The molecule has 0 aliphatic heterocycles. The lowest BCUT2D eigenvalue weighted by Gasteiger charge is -2.05. The van der Waals surface area contributed by atoms with E-state index in [2.05, 4.69) is 55.4 Å². The minimum absolute atomic E-state index is 0.475. The van der Waals surface area contributed by atoms with Crippen LogP contribution in [0.25, 0.3) is 10.8 Å². The number of rotatable bonds is 2. The van der Waals surface area contributed by atoms with Crippen LogP contribution in [0.3, 0.4) is 0 Å². The lowest BCUT2D eigenvalue weighted by molar-refractivity contribution is 0.371. The van der Waals surface area contributed by atoms with Gasteiger partial charge in [0.1, 0.15) is 20.4 Å². The summed E-state index contributed by atoms with van der Waals surface area (Å²) in [5.41, 5.74) is 3.29. The number of ether oxygens (including phenoxy) is 1. The number of hydrogen-bond acceptors (Lipinski definition) is 1. The van der Waals surface area contributed by atoms with Crippen LogP contribution < -0.4 is 4.74 Å². The minimum Gasteiger partial charge on any atom is -0.481 e. The first-order valence-electron chi connectivity index (χ1n) is 6.16. The molecule has 18 heavy (non-hydrogen) atoms. The Kier molecular flexibility index (Phi) is 3.74. The fraction of sp³-hybridized carbons (Fsp3) is 0.250. The first-order chi connectivity index (χ1) is 8.54. The van der Waals surface area contributed by atoms with Crippen molar-refractivity contribution in [3.8, 4) is 17.2 Å². The molecule has 0 unspecified atom stereocenters. The Morgan fingerprint density at radius 3 is 2.44 bits per heavy atom. The molecule has 0 saturated heterocycles. The van der Waals surface area contributed by atoms with Crippen LogP contribution >= 0.6 is 0 Å². The molecule has 2 aromatic rings. The average molecular weight is 254 g/mol. The molecule has 0 radical (unpaired) electrons. The molecule has 0 heterocycles. The third-order valence-electron chi connectivity index (χ3n) is 2.50. The molecule has 0 saturated carbocycles. The van der Waals surface area contributed by atoms with Gasteiger partial charge >= 0.3 is 0 Å². The van der Waals surface area contributed by atoms with Crippen LogP contribution in [0.15, 0.2) is 42.5 Å². The smallest absolute Gasteiger partial charge is 0.148 e. The topological polar surface area (TPSA) is 9.23 Å². The van der Waals surface area contributed by atoms with Crippen molar-refractivity contribution in [1.82, 2.24) is 0 Å². The van der Waals surface area contributed by atoms with Gasteiger partial charge in [0.05, 0.1) is 0 Å². The normalized spacial score (nSPS) is 10.8. The molecule has 0 amide bonds. The van der Waals surface area contributed by atoms with Crippen molar-refractivity contribution in [3.05, 3.63) is 42.5 Å². The highest BCUT2D eigenvalue weighted by atomic mass is 28.3. The summed E-state index contributed by atoms with van der Waals surface area (Å²) in [5, 5.41) is 2.44. The molecular formula is C16H18OSi. The molecule has 0 N–H and O–H groups in total. The standard InChI is InChI=1S/C16H18OSi/c1-18(2,3)12-6-11-17-16-10-9-14-7-4-5-8-15(14)13-16/h4-5,7-10,13H,11H2,1-3H3. The third kappa shape index (κ3) is 3.64. The van der Waals surface area contributed by atoms with Crippen LogP contribution in [0.2, 0.25) is 19.6 Å². The lowest BCUT2D eigenvalue weighted by atomic mass is 10.1. The van der Waals surface area contributed by atoms with Gasteiger partial charge in [-0.3, -0.25) is 0 Å². The van der Waals surface area contributed by atoms with Crippen LogP contribution in [-0.4, -0.2) is 14.7 Å². The molecule has 0 aliphatic rings. The summed E-state index contributed by atoms with van der Waals surface area (Å²) >= 11 is 0. The Hall–Kier alpha value is -1.72. The quantitative estimate of drug-likeness (QED) is 0.579. The van der Waals surface area contributed by atoms with Gasteiger partial charge in [-0.1, -0.05) is 55.9 Å². The van der Waals surface area contributed by atoms with Crippen molar-refractivity contribution >= 4 is 18.8 Å². The van der Waals surface area contributed by atoms with Gasteiger partial charge in [-0.25, -0.2) is 0 Å². The number of hydrogen-bond donors (Lipinski definition) is 0. The Morgan fingerprint density at radius 2 is 1.72 bits per heavy atom. The van der Waals surface area contributed by atoms with Crippen LogP contribution in [0, 0.1) is 11.5 Å². The van der Waals surface area contributed by atoms with E-state index >= 15 is 0 Å². The molecule has 0 aliphatic carbocycles. The maximum absolute atomic E-state index is 5.66. The molecule has 2 heteroatoms. The molecule has 1 nitrogen and oxygen atoms in total. The summed E-state index contributed by atoms with van der Waals surface area (Å²) in [4.78, 5) is 0. The van der Waals surface area contributed by atoms with Gasteiger partial charge in [0.15, 0.2) is 0 Å². The van der Waals surface area contributed by atoms with E-state index in [1.54, 1.807) is 0 Å². The minimum atomic E-state index is -1.28. The zero-order chi connectivity index (χ0) is 13.0. The number of benzene rings is 2. The zero-order valence-electron chi connectivity index (χ0n) is 11.2. The van der Waals surface area contributed by atoms with Gasteiger partial charge < -0.3 is 4.74 Å². The monoisotopic (exact) mass is 254 g/mol. The molecule has 0 spiro atoms. The second-order valence-corrected chi connectivity index (χ2v) is 10.1. The van der Waals surface area contributed by atoms with Gasteiger partial charge in [0.2, 0.25) is 0 Å². The van der Waals surface area contributed by atoms with Crippen LogP contribution in [0.1, 0.15) is 0 Å². The molecule has 0 bridgehead atoms. The van der Waals surface area contributed by atoms with Gasteiger partial charge in [0.25, 0.3) is 0 Å². The Bertz CT molecular complexity index is 600. The zero-order valence-corrected chi connectivity index (χ0v) is 12.2. The summed E-state index contributed by atoms with van der Waals surface area (Å²) in [6, 6.07) is 14.4. The average Bonchev–Trinajstić information content (AvgIpc) is 2.33. The van der Waals surface area contributed by atoms with E-state index in [0.29, 0.717) is 6.61 Å². The van der Waals surface area contributed by atoms with Crippen LogP contribution in [0.5, 0.6) is 5.75 Å². The van der Waals surface area contributed by atoms with E-state index in [-0.39, 0.29) is 0 Å². The van der Waals surface area contributed by atoms with Crippen molar-refractivity contribution < 1.29 is 4.74 Å². The largest absolute Gasteiger partial charge is 0.481 e. The first kappa shape index (κ1) is 12.7. The van der Waals surface area contributed by atoms with E-state index in [1.807, 2.05) is 18.2 Å². The van der Waals surface area contributed by atoms with Crippen molar-refractivity contribution in [3.63, 3.8) is 0 Å². The first-order valence-corrected chi connectivity index (χ1v) is 9.66. The predicted octanol–water partition coefficient (Wildman–Crippen LogP) is 4.10. The van der Waals surface area contributed by atoms with Crippen LogP contribution in [0.4, 0.5) is 0 Å². The highest BCUT2D eigenvalue weighted by molar-refractivity contribution is 6.83. The predicted molar refractivity (Wildman–Crippen MR) is 80.6 cm³/mol. The fourth-order valence-corrected chi connectivity index (χ4v) is 2.28. The Balaban J connectivity index is 2.06. The summed E-state index contributed by atoms with van der Waals surface area (Å²) in [6.45, 7) is 7.17. The molecule has 0 aromatic heterocycles. The van der Waals surface area contributed by atoms with E-state index in [1.165, 1.54) is 10.8 Å². The van der Waals surface area contributed by atoms with Crippen molar-refractivity contribution in [2.24, 2.45) is 0 Å². The Morgan fingerprint density at radius 1 is 1.00 bits per heavy atom. The maximum Gasteiger partial charge on any atom is 0.148 e.